The quantitative estimate of drug-likeness (QED) is 0.917. The highest BCUT2D eigenvalue weighted by Gasteiger charge is 2.25. The normalized spacial score (nSPS) is 11.6. The van der Waals surface area contributed by atoms with Crippen LogP contribution in [0.25, 0.3) is 0 Å². The number of rotatable bonds is 5. The van der Waals surface area contributed by atoms with Crippen molar-refractivity contribution in [2.75, 3.05) is 11.4 Å². The maximum Gasteiger partial charge on any atom is 0.265 e. The minimum absolute atomic E-state index is 0.0102. The van der Waals surface area contributed by atoms with Crippen molar-refractivity contribution in [1.29, 1.82) is 0 Å². The molecule has 0 atom stereocenters. The van der Waals surface area contributed by atoms with Crippen molar-refractivity contribution in [2.45, 2.75) is 24.9 Å². The average Bonchev–Trinajstić information content (AvgIpc) is 2.91. The molecule has 0 bridgehead atoms. The monoisotopic (exact) mass is 311 g/mol. The van der Waals surface area contributed by atoms with Crippen LogP contribution in [0.1, 0.15) is 12.6 Å². The van der Waals surface area contributed by atoms with Gasteiger partial charge in [0.2, 0.25) is 0 Å². The molecule has 2 aromatic rings. The summed E-state index contributed by atoms with van der Waals surface area (Å²) in [5.41, 5.74) is 6.34. The number of halogens is 1. The summed E-state index contributed by atoms with van der Waals surface area (Å²) in [6.45, 7) is 2.76. The smallest absolute Gasteiger partial charge is 0.265 e. The molecule has 0 fully saturated rings. The van der Waals surface area contributed by atoms with Crippen LogP contribution in [0.4, 0.5) is 10.1 Å². The summed E-state index contributed by atoms with van der Waals surface area (Å²) in [4.78, 5) is 0.107. The van der Waals surface area contributed by atoms with Gasteiger partial charge in [0.1, 0.15) is 10.7 Å². The summed E-state index contributed by atoms with van der Waals surface area (Å²) in [5, 5.41) is 0. The first-order valence-corrected chi connectivity index (χ1v) is 7.98. The van der Waals surface area contributed by atoms with Crippen molar-refractivity contribution in [3.8, 4) is 0 Å². The van der Waals surface area contributed by atoms with E-state index >= 15 is 0 Å². The predicted octanol–water partition coefficient (Wildman–Crippen LogP) is 1.93. The lowest BCUT2D eigenvalue weighted by molar-refractivity contribution is 0.589. The number of hydrogen-bond acceptors (Lipinski definition) is 3. The second-order valence-corrected chi connectivity index (χ2v) is 6.55. The number of anilines is 1. The van der Waals surface area contributed by atoms with Gasteiger partial charge in [-0.1, -0.05) is 12.1 Å². The number of nitrogens with two attached hydrogens (primary N) is 1. The molecular formula is C14H18FN3O2S. The van der Waals surface area contributed by atoms with Crippen LogP contribution in [0.3, 0.4) is 0 Å². The Hall–Kier alpha value is -1.86. The second-order valence-electron chi connectivity index (χ2n) is 4.58. The molecule has 1 aromatic heterocycles. The lowest BCUT2D eigenvalue weighted by atomic mass is 10.3. The van der Waals surface area contributed by atoms with Crippen molar-refractivity contribution in [2.24, 2.45) is 5.73 Å². The van der Waals surface area contributed by atoms with Crippen LogP contribution in [-0.2, 0) is 23.1 Å². The molecule has 2 N–H and O–H groups in total. The number of para-hydroxylation sites is 1. The number of aromatic nitrogens is 1. The Bertz CT molecular complexity index is 719. The molecule has 0 amide bonds. The van der Waals surface area contributed by atoms with E-state index in [1.54, 1.807) is 10.6 Å². The molecule has 0 saturated carbocycles. The summed E-state index contributed by atoms with van der Waals surface area (Å²) in [7, 11) is -2.49. The Morgan fingerprint density at radius 2 is 2.00 bits per heavy atom. The molecule has 0 saturated heterocycles. The fourth-order valence-corrected chi connectivity index (χ4v) is 3.40. The number of benzene rings is 1. The minimum Gasteiger partial charge on any atom is -0.349 e. The summed E-state index contributed by atoms with van der Waals surface area (Å²) in [6.07, 6.45) is 1.52. The molecule has 21 heavy (non-hydrogen) atoms. The van der Waals surface area contributed by atoms with Crippen molar-refractivity contribution in [3.05, 3.63) is 48.0 Å². The highest BCUT2D eigenvalue weighted by Crippen LogP contribution is 2.25. The van der Waals surface area contributed by atoms with Gasteiger partial charge in [-0.15, -0.1) is 0 Å². The average molecular weight is 311 g/mol. The summed E-state index contributed by atoms with van der Waals surface area (Å²) in [6, 6.07) is 7.28. The third kappa shape index (κ3) is 2.79. The van der Waals surface area contributed by atoms with E-state index in [1.807, 2.05) is 6.92 Å². The fraction of sp³-hybridized carbons (Fsp3) is 0.286. The Kier molecular flexibility index (Phi) is 4.34. The Labute approximate surface area is 123 Å². The second kappa shape index (κ2) is 5.87. The SMILES string of the molecule is CCn1cc(S(=O)(=O)N(C)c2ccccc2F)cc1CN. The predicted molar refractivity (Wildman–Crippen MR) is 80.0 cm³/mol. The van der Waals surface area contributed by atoms with Gasteiger partial charge in [0, 0.05) is 32.0 Å². The van der Waals surface area contributed by atoms with Crippen molar-refractivity contribution in [3.63, 3.8) is 0 Å². The maximum atomic E-state index is 13.8. The zero-order valence-corrected chi connectivity index (χ0v) is 12.8. The van der Waals surface area contributed by atoms with Crippen molar-refractivity contribution < 1.29 is 12.8 Å². The summed E-state index contributed by atoms with van der Waals surface area (Å²) >= 11 is 0. The zero-order valence-electron chi connectivity index (χ0n) is 12.0. The molecule has 5 nitrogen and oxygen atoms in total. The first-order chi connectivity index (χ1) is 9.91. The van der Waals surface area contributed by atoms with Crippen LogP contribution in [0.5, 0.6) is 0 Å². The maximum absolute atomic E-state index is 13.8. The molecule has 0 spiro atoms. The van der Waals surface area contributed by atoms with E-state index in [0.29, 0.717) is 6.54 Å². The van der Waals surface area contributed by atoms with Gasteiger partial charge >= 0.3 is 0 Å². The molecule has 0 unspecified atom stereocenters. The molecule has 7 heteroatoms. The molecule has 0 aliphatic rings. The Morgan fingerprint density at radius 1 is 1.33 bits per heavy atom. The van der Waals surface area contributed by atoms with Crippen LogP contribution >= 0.6 is 0 Å². The van der Waals surface area contributed by atoms with E-state index in [0.717, 1.165) is 10.00 Å². The highest BCUT2D eigenvalue weighted by molar-refractivity contribution is 7.92. The third-order valence-electron chi connectivity index (χ3n) is 3.36. The minimum atomic E-state index is -3.82. The first-order valence-electron chi connectivity index (χ1n) is 6.54. The van der Waals surface area contributed by atoms with Crippen molar-refractivity contribution in [1.82, 2.24) is 4.57 Å². The van der Waals surface area contributed by atoms with Gasteiger partial charge in [0.05, 0.1) is 5.69 Å². The van der Waals surface area contributed by atoms with Gasteiger partial charge < -0.3 is 10.3 Å². The van der Waals surface area contributed by atoms with Gasteiger partial charge in [0.15, 0.2) is 0 Å². The summed E-state index contributed by atoms with van der Waals surface area (Å²) in [5.74, 6) is -0.586. The van der Waals surface area contributed by atoms with Gasteiger partial charge in [-0.2, -0.15) is 0 Å². The Balaban J connectivity index is 2.47. The van der Waals surface area contributed by atoms with Crippen LogP contribution in [0.15, 0.2) is 41.4 Å². The van der Waals surface area contributed by atoms with Crippen LogP contribution < -0.4 is 10.0 Å². The molecule has 114 valence electrons. The molecule has 1 aromatic carbocycles. The zero-order chi connectivity index (χ0) is 15.6. The van der Waals surface area contributed by atoms with Gasteiger partial charge in [0.25, 0.3) is 10.0 Å². The van der Waals surface area contributed by atoms with E-state index in [-0.39, 0.29) is 17.1 Å². The number of nitrogens with zero attached hydrogens (tertiary/aromatic N) is 2. The molecule has 1 heterocycles. The number of hydrogen-bond donors (Lipinski definition) is 1. The van der Waals surface area contributed by atoms with E-state index in [2.05, 4.69) is 0 Å². The lowest BCUT2D eigenvalue weighted by Gasteiger charge is -2.19. The lowest BCUT2D eigenvalue weighted by Crippen LogP contribution is -2.27. The number of aryl methyl sites for hydroxylation is 1. The van der Waals surface area contributed by atoms with E-state index < -0.39 is 15.8 Å². The molecule has 0 aliphatic carbocycles. The third-order valence-corrected chi connectivity index (χ3v) is 5.10. The fourth-order valence-electron chi connectivity index (χ4n) is 2.13. The molecule has 0 aliphatic heterocycles. The topological polar surface area (TPSA) is 68.3 Å². The van der Waals surface area contributed by atoms with E-state index in [9.17, 15) is 12.8 Å². The van der Waals surface area contributed by atoms with E-state index in [4.69, 9.17) is 5.73 Å². The van der Waals surface area contributed by atoms with Gasteiger partial charge in [-0.05, 0) is 25.1 Å². The molecule has 2 rings (SSSR count). The molecule has 0 radical (unpaired) electrons. The van der Waals surface area contributed by atoms with Gasteiger partial charge in [-0.3, -0.25) is 4.31 Å². The largest absolute Gasteiger partial charge is 0.349 e. The van der Waals surface area contributed by atoms with Crippen LogP contribution in [0, 0.1) is 5.82 Å². The van der Waals surface area contributed by atoms with Crippen molar-refractivity contribution >= 4 is 15.7 Å². The summed E-state index contributed by atoms with van der Waals surface area (Å²) < 4.78 is 41.7. The first kappa shape index (κ1) is 15.5. The number of sulfonamides is 1. The Morgan fingerprint density at radius 3 is 2.52 bits per heavy atom. The highest BCUT2D eigenvalue weighted by atomic mass is 32.2. The van der Waals surface area contributed by atoms with Crippen LogP contribution in [-0.4, -0.2) is 20.0 Å². The van der Waals surface area contributed by atoms with Gasteiger partial charge in [-0.25, -0.2) is 12.8 Å². The molecular weight excluding hydrogens is 293 g/mol. The van der Waals surface area contributed by atoms with E-state index in [1.165, 1.54) is 37.5 Å². The van der Waals surface area contributed by atoms with Crippen LogP contribution in [0.2, 0.25) is 0 Å². The standard InChI is InChI=1S/C14H18FN3O2S/c1-3-18-10-12(8-11(18)9-16)21(19,20)17(2)14-7-5-4-6-13(14)15/h4-8,10H,3,9,16H2,1-2H3.